The second-order valence-electron chi connectivity index (χ2n) is 5.56. The van der Waals surface area contributed by atoms with Crippen LogP contribution in [0.25, 0.3) is 17.3 Å². The summed E-state index contributed by atoms with van der Waals surface area (Å²) in [4.78, 5) is 26.7. The summed E-state index contributed by atoms with van der Waals surface area (Å²) in [7, 11) is 1.59. The number of non-ortho nitro benzene ring substituents is 1. The van der Waals surface area contributed by atoms with Crippen LogP contribution in [0.15, 0.2) is 58.4 Å². The molecule has 0 fully saturated rings. The third-order valence-corrected chi connectivity index (χ3v) is 5.09. The summed E-state index contributed by atoms with van der Waals surface area (Å²) in [5.74, 6) is 0.403. The predicted octanol–water partition coefficient (Wildman–Crippen LogP) is 5.14. The van der Waals surface area contributed by atoms with Gasteiger partial charge in [-0.1, -0.05) is 6.07 Å². The molecule has 0 aliphatic carbocycles. The van der Waals surface area contributed by atoms with Crippen molar-refractivity contribution in [3.05, 3.63) is 74.1 Å². The van der Waals surface area contributed by atoms with Crippen molar-refractivity contribution >= 4 is 50.1 Å². The van der Waals surface area contributed by atoms with Crippen LogP contribution in [0.4, 0.5) is 10.8 Å². The minimum Gasteiger partial charge on any atom is -0.496 e. The average molecular weight is 460 g/mol. The maximum absolute atomic E-state index is 12.1. The lowest BCUT2D eigenvalue weighted by atomic mass is 10.1. The number of rotatable bonds is 6. The van der Waals surface area contributed by atoms with E-state index in [1.165, 1.54) is 29.5 Å². The number of hydrogen-bond acceptors (Lipinski definition) is 6. The molecule has 0 unspecified atom stereocenters. The van der Waals surface area contributed by atoms with Gasteiger partial charge >= 0.3 is 0 Å². The molecule has 28 heavy (non-hydrogen) atoms. The predicted molar refractivity (Wildman–Crippen MR) is 113 cm³/mol. The fourth-order valence-electron chi connectivity index (χ4n) is 2.32. The van der Waals surface area contributed by atoms with E-state index in [0.29, 0.717) is 16.6 Å². The van der Waals surface area contributed by atoms with Gasteiger partial charge in [-0.2, -0.15) is 0 Å². The zero-order valence-electron chi connectivity index (χ0n) is 14.6. The molecule has 3 rings (SSSR count). The number of nitrogens with zero attached hydrogens (tertiary/aromatic N) is 2. The van der Waals surface area contributed by atoms with Crippen molar-refractivity contribution in [2.24, 2.45) is 0 Å². The van der Waals surface area contributed by atoms with Crippen LogP contribution in [0, 0.1) is 10.1 Å². The van der Waals surface area contributed by atoms with Gasteiger partial charge in [-0.05, 0) is 51.8 Å². The van der Waals surface area contributed by atoms with E-state index in [1.807, 2.05) is 12.1 Å². The Morgan fingerprint density at radius 2 is 2.04 bits per heavy atom. The van der Waals surface area contributed by atoms with Crippen molar-refractivity contribution in [1.82, 2.24) is 4.98 Å². The number of benzene rings is 2. The van der Waals surface area contributed by atoms with E-state index in [2.05, 4.69) is 26.2 Å². The maximum Gasteiger partial charge on any atom is 0.269 e. The van der Waals surface area contributed by atoms with Crippen LogP contribution in [0.1, 0.15) is 5.56 Å². The number of thiazole rings is 1. The van der Waals surface area contributed by atoms with E-state index in [-0.39, 0.29) is 11.6 Å². The van der Waals surface area contributed by atoms with E-state index in [9.17, 15) is 14.9 Å². The SMILES string of the molecule is COc1ccc(C=CC(=O)Nc2nc(-c3ccc([N+](=O)[O-])cc3)cs2)cc1Br. The maximum atomic E-state index is 12.1. The summed E-state index contributed by atoms with van der Waals surface area (Å²) in [6.45, 7) is 0. The highest BCUT2D eigenvalue weighted by atomic mass is 79.9. The quantitative estimate of drug-likeness (QED) is 0.312. The average Bonchev–Trinajstić information content (AvgIpc) is 3.15. The Morgan fingerprint density at radius 3 is 2.68 bits per heavy atom. The molecule has 0 saturated heterocycles. The molecule has 0 aliphatic heterocycles. The summed E-state index contributed by atoms with van der Waals surface area (Å²) in [6.07, 6.45) is 3.10. The molecule has 3 aromatic rings. The number of nitro benzene ring substituents is 1. The number of methoxy groups -OCH3 is 1. The monoisotopic (exact) mass is 459 g/mol. The van der Waals surface area contributed by atoms with Crippen LogP contribution < -0.4 is 10.1 Å². The first-order valence-electron chi connectivity index (χ1n) is 7.99. The van der Waals surface area contributed by atoms with Gasteiger partial charge < -0.3 is 4.74 Å². The highest BCUT2D eigenvalue weighted by Crippen LogP contribution is 2.27. The number of anilines is 1. The number of nitrogens with one attached hydrogen (secondary N) is 1. The van der Waals surface area contributed by atoms with Crippen molar-refractivity contribution in [3.63, 3.8) is 0 Å². The van der Waals surface area contributed by atoms with E-state index in [4.69, 9.17) is 4.74 Å². The van der Waals surface area contributed by atoms with Crippen molar-refractivity contribution in [1.29, 1.82) is 0 Å². The molecule has 0 radical (unpaired) electrons. The summed E-state index contributed by atoms with van der Waals surface area (Å²) >= 11 is 4.68. The number of carbonyl (C=O) groups excluding carboxylic acids is 1. The van der Waals surface area contributed by atoms with Crippen LogP contribution in [0.3, 0.4) is 0 Å². The van der Waals surface area contributed by atoms with E-state index in [1.54, 1.807) is 36.8 Å². The Hall–Kier alpha value is -3.04. The third-order valence-electron chi connectivity index (χ3n) is 3.71. The number of hydrogen-bond donors (Lipinski definition) is 1. The van der Waals surface area contributed by atoms with Crippen LogP contribution in [-0.4, -0.2) is 22.9 Å². The van der Waals surface area contributed by atoms with Gasteiger partial charge in [0.2, 0.25) is 5.91 Å². The first kappa shape index (κ1) is 19.7. The smallest absolute Gasteiger partial charge is 0.269 e. The molecule has 1 aromatic heterocycles. The summed E-state index contributed by atoms with van der Waals surface area (Å²) in [5.41, 5.74) is 2.23. The number of amides is 1. The number of nitro groups is 1. The van der Waals surface area contributed by atoms with Gasteiger partial charge in [0, 0.05) is 29.2 Å². The van der Waals surface area contributed by atoms with Crippen LogP contribution in [-0.2, 0) is 4.79 Å². The zero-order chi connectivity index (χ0) is 20.1. The fraction of sp³-hybridized carbons (Fsp3) is 0.0526. The molecule has 7 nitrogen and oxygen atoms in total. The van der Waals surface area contributed by atoms with Gasteiger partial charge in [0.15, 0.2) is 5.13 Å². The Labute approximate surface area is 173 Å². The Kier molecular flexibility index (Phi) is 6.17. The van der Waals surface area contributed by atoms with E-state index >= 15 is 0 Å². The van der Waals surface area contributed by atoms with Gasteiger partial charge in [0.25, 0.3) is 5.69 Å². The Bertz CT molecular complexity index is 1050. The summed E-state index contributed by atoms with van der Waals surface area (Å²) in [5, 5.41) is 15.6. The van der Waals surface area contributed by atoms with Crippen molar-refractivity contribution in [2.75, 3.05) is 12.4 Å². The molecule has 0 aliphatic rings. The second kappa shape index (κ2) is 8.77. The third kappa shape index (κ3) is 4.81. The normalized spacial score (nSPS) is 10.8. The number of ether oxygens (including phenoxy) is 1. The van der Waals surface area contributed by atoms with Gasteiger partial charge in [-0.25, -0.2) is 4.98 Å². The summed E-state index contributed by atoms with van der Waals surface area (Å²) in [6, 6.07) is 11.6. The largest absolute Gasteiger partial charge is 0.496 e. The van der Waals surface area contributed by atoms with Gasteiger partial charge in [-0.3, -0.25) is 20.2 Å². The molecule has 1 amide bonds. The van der Waals surface area contributed by atoms with Gasteiger partial charge in [0.1, 0.15) is 5.75 Å². The minimum atomic E-state index is -0.454. The first-order chi connectivity index (χ1) is 13.5. The molecule has 142 valence electrons. The number of carbonyl (C=O) groups is 1. The topological polar surface area (TPSA) is 94.4 Å². The fourth-order valence-corrected chi connectivity index (χ4v) is 3.60. The lowest BCUT2D eigenvalue weighted by molar-refractivity contribution is -0.384. The van der Waals surface area contributed by atoms with Crippen molar-refractivity contribution in [3.8, 4) is 17.0 Å². The second-order valence-corrected chi connectivity index (χ2v) is 7.27. The van der Waals surface area contributed by atoms with Gasteiger partial charge in [-0.15, -0.1) is 11.3 Å². The highest BCUT2D eigenvalue weighted by molar-refractivity contribution is 9.10. The lowest BCUT2D eigenvalue weighted by Crippen LogP contribution is -2.07. The molecule has 0 atom stereocenters. The van der Waals surface area contributed by atoms with Gasteiger partial charge in [0.05, 0.1) is 22.2 Å². The Morgan fingerprint density at radius 1 is 1.29 bits per heavy atom. The lowest BCUT2D eigenvalue weighted by Gasteiger charge is -2.03. The molecular weight excluding hydrogens is 446 g/mol. The Balaban J connectivity index is 1.65. The molecule has 1 N–H and O–H groups in total. The molecule has 9 heteroatoms. The molecule has 0 spiro atoms. The van der Waals surface area contributed by atoms with Crippen LogP contribution in [0.2, 0.25) is 0 Å². The van der Waals surface area contributed by atoms with Crippen LogP contribution >= 0.6 is 27.3 Å². The first-order valence-corrected chi connectivity index (χ1v) is 9.66. The molecule has 2 aromatic carbocycles. The van der Waals surface area contributed by atoms with Crippen molar-refractivity contribution < 1.29 is 14.5 Å². The number of halogens is 1. The van der Waals surface area contributed by atoms with Crippen molar-refractivity contribution in [2.45, 2.75) is 0 Å². The van der Waals surface area contributed by atoms with E-state index < -0.39 is 4.92 Å². The zero-order valence-corrected chi connectivity index (χ0v) is 17.0. The summed E-state index contributed by atoms with van der Waals surface area (Å²) < 4.78 is 5.97. The standard InChI is InChI=1S/C19H14BrN3O4S/c1-27-17-8-2-12(10-15(17)20)3-9-18(24)22-19-21-16(11-28-19)13-4-6-14(7-5-13)23(25)26/h2-11H,1H3,(H,21,22,24). The van der Waals surface area contributed by atoms with E-state index in [0.717, 1.165) is 15.6 Å². The minimum absolute atomic E-state index is 0.0165. The highest BCUT2D eigenvalue weighted by Gasteiger charge is 2.09. The number of aromatic nitrogens is 1. The molecule has 1 heterocycles. The molecule has 0 bridgehead atoms. The van der Waals surface area contributed by atoms with Crippen LogP contribution in [0.5, 0.6) is 5.75 Å². The molecule has 0 saturated carbocycles. The molecular formula is C19H14BrN3O4S.